The predicted molar refractivity (Wildman–Crippen MR) is 66.5 cm³/mol. The van der Waals surface area contributed by atoms with Crippen molar-refractivity contribution >= 4 is 0 Å². The summed E-state index contributed by atoms with van der Waals surface area (Å²) in [4.78, 5) is 0. The van der Waals surface area contributed by atoms with Crippen molar-refractivity contribution in [1.29, 1.82) is 0 Å². The molecule has 1 saturated heterocycles. The first-order chi connectivity index (χ1) is 7.58. The lowest BCUT2D eigenvalue weighted by Gasteiger charge is -2.45. The Labute approximate surface area is 97.7 Å². The highest BCUT2D eigenvalue weighted by Crippen LogP contribution is 2.38. The van der Waals surface area contributed by atoms with Gasteiger partial charge in [0.2, 0.25) is 0 Å². The average molecular weight is 219 g/mol. The van der Waals surface area contributed by atoms with Crippen LogP contribution in [0.2, 0.25) is 0 Å². The molecule has 0 spiro atoms. The Morgan fingerprint density at radius 2 is 1.94 bits per heavy atom. The van der Waals surface area contributed by atoms with Gasteiger partial charge in [0.25, 0.3) is 0 Å². The van der Waals surface area contributed by atoms with Gasteiger partial charge in [-0.2, -0.15) is 0 Å². The van der Waals surface area contributed by atoms with Gasteiger partial charge in [-0.3, -0.25) is 0 Å². The van der Waals surface area contributed by atoms with E-state index < -0.39 is 0 Å². The summed E-state index contributed by atoms with van der Waals surface area (Å²) in [6.07, 6.45) is 2.00. The van der Waals surface area contributed by atoms with Crippen LogP contribution in [0.15, 0.2) is 30.3 Å². The predicted octanol–water partition coefficient (Wildman–Crippen LogP) is 2.08. The van der Waals surface area contributed by atoms with Crippen molar-refractivity contribution in [2.45, 2.75) is 37.6 Å². The van der Waals surface area contributed by atoms with Gasteiger partial charge in [-0.05, 0) is 38.8 Å². The molecule has 88 valence electrons. The highest BCUT2D eigenvalue weighted by Gasteiger charge is 2.40. The van der Waals surface area contributed by atoms with E-state index in [1.54, 1.807) is 0 Å². The molecule has 0 amide bonds. The van der Waals surface area contributed by atoms with Gasteiger partial charge in [-0.25, -0.2) is 0 Å². The molecule has 2 nitrogen and oxygen atoms in total. The van der Waals surface area contributed by atoms with E-state index in [9.17, 15) is 5.11 Å². The highest BCUT2D eigenvalue weighted by atomic mass is 16.3. The molecule has 2 N–H and O–H groups in total. The first-order valence-corrected chi connectivity index (χ1v) is 5.99. The van der Waals surface area contributed by atoms with Gasteiger partial charge < -0.3 is 10.4 Å². The van der Waals surface area contributed by atoms with Crippen molar-refractivity contribution in [2.75, 3.05) is 13.2 Å². The third-order valence-corrected chi connectivity index (χ3v) is 3.68. The van der Waals surface area contributed by atoms with Gasteiger partial charge in [-0.1, -0.05) is 30.3 Å². The molecule has 1 unspecified atom stereocenters. The molecule has 0 saturated carbocycles. The van der Waals surface area contributed by atoms with Crippen LogP contribution in [0.5, 0.6) is 0 Å². The van der Waals surface area contributed by atoms with Crippen molar-refractivity contribution in [3.63, 3.8) is 0 Å². The minimum absolute atomic E-state index is 0.0595. The molecule has 0 bridgehead atoms. The van der Waals surface area contributed by atoms with Crippen LogP contribution < -0.4 is 5.32 Å². The van der Waals surface area contributed by atoms with Crippen molar-refractivity contribution in [3.05, 3.63) is 35.9 Å². The normalized spacial score (nSPS) is 28.9. The second-order valence-electron chi connectivity index (χ2n) is 5.54. The molecule has 1 aliphatic rings. The van der Waals surface area contributed by atoms with Gasteiger partial charge in [0.15, 0.2) is 0 Å². The monoisotopic (exact) mass is 219 g/mol. The minimum Gasteiger partial charge on any atom is -0.395 e. The standard InChI is InChI=1S/C14H21NO/c1-13(2)10-14(11-16,8-9-15-13)12-6-4-3-5-7-12/h3-7,15-16H,8-11H2,1-2H3. The fraction of sp³-hybridized carbons (Fsp3) is 0.571. The van der Waals surface area contributed by atoms with Crippen molar-refractivity contribution < 1.29 is 5.11 Å². The second-order valence-corrected chi connectivity index (χ2v) is 5.54. The Morgan fingerprint density at radius 3 is 2.50 bits per heavy atom. The van der Waals surface area contributed by atoms with E-state index in [1.807, 2.05) is 6.07 Å². The second kappa shape index (κ2) is 4.19. The summed E-state index contributed by atoms with van der Waals surface area (Å²) in [5.74, 6) is 0. The van der Waals surface area contributed by atoms with E-state index in [-0.39, 0.29) is 17.6 Å². The van der Waals surface area contributed by atoms with Crippen molar-refractivity contribution in [1.82, 2.24) is 5.32 Å². The minimum atomic E-state index is -0.0595. The van der Waals surface area contributed by atoms with Gasteiger partial charge >= 0.3 is 0 Å². The highest BCUT2D eigenvalue weighted by molar-refractivity contribution is 5.27. The van der Waals surface area contributed by atoms with Gasteiger partial charge in [0.1, 0.15) is 0 Å². The Morgan fingerprint density at radius 1 is 1.25 bits per heavy atom. The van der Waals surface area contributed by atoms with Gasteiger partial charge in [-0.15, -0.1) is 0 Å². The number of hydrogen-bond donors (Lipinski definition) is 2. The Hall–Kier alpha value is -0.860. The molecular formula is C14H21NO. The van der Waals surface area contributed by atoms with Crippen molar-refractivity contribution in [3.8, 4) is 0 Å². The number of hydrogen-bond acceptors (Lipinski definition) is 2. The molecule has 0 aromatic heterocycles. The van der Waals surface area contributed by atoms with Crippen LogP contribution in [0.1, 0.15) is 32.3 Å². The number of benzene rings is 1. The first kappa shape index (κ1) is 11.6. The number of piperidine rings is 1. The summed E-state index contributed by atoms with van der Waals surface area (Å²) in [5, 5.41) is 13.3. The number of aliphatic hydroxyl groups is 1. The topological polar surface area (TPSA) is 32.3 Å². The van der Waals surface area contributed by atoms with Crippen LogP contribution in [-0.4, -0.2) is 23.8 Å². The molecule has 2 heteroatoms. The summed E-state index contributed by atoms with van der Waals surface area (Å²) in [6, 6.07) is 10.4. The van der Waals surface area contributed by atoms with E-state index in [1.165, 1.54) is 5.56 Å². The number of rotatable bonds is 2. The maximum absolute atomic E-state index is 9.80. The van der Waals surface area contributed by atoms with Crippen LogP contribution in [0.4, 0.5) is 0 Å². The van der Waals surface area contributed by atoms with Crippen LogP contribution in [0.25, 0.3) is 0 Å². The Bertz CT molecular complexity index is 347. The average Bonchev–Trinajstić information content (AvgIpc) is 2.29. The molecule has 1 atom stereocenters. The van der Waals surface area contributed by atoms with Crippen LogP contribution in [0.3, 0.4) is 0 Å². The van der Waals surface area contributed by atoms with Gasteiger partial charge in [0.05, 0.1) is 6.61 Å². The summed E-state index contributed by atoms with van der Waals surface area (Å²) in [7, 11) is 0. The van der Waals surface area contributed by atoms with E-state index >= 15 is 0 Å². The van der Waals surface area contributed by atoms with E-state index in [0.29, 0.717) is 0 Å². The summed E-state index contributed by atoms with van der Waals surface area (Å²) in [5.41, 5.74) is 1.32. The molecule has 0 radical (unpaired) electrons. The van der Waals surface area contributed by atoms with Crippen LogP contribution in [-0.2, 0) is 5.41 Å². The zero-order chi connectivity index (χ0) is 11.6. The van der Waals surface area contributed by atoms with Gasteiger partial charge in [0, 0.05) is 11.0 Å². The fourth-order valence-electron chi connectivity index (χ4n) is 2.90. The molecule has 1 aliphatic heterocycles. The quantitative estimate of drug-likeness (QED) is 0.798. The third kappa shape index (κ3) is 2.13. The molecule has 16 heavy (non-hydrogen) atoms. The first-order valence-electron chi connectivity index (χ1n) is 5.99. The van der Waals surface area contributed by atoms with Crippen molar-refractivity contribution in [2.24, 2.45) is 0 Å². The largest absolute Gasteiger partial charge is 0.395 e. The maximum Gasteiger partial charge on any atom is 0.0529 e. The van der Waals surface area contributed by atoms with E-state index in [0.717, 1.165) is 19.4 Å². The summed E-state index contributed by atoms with van der Waals surface area (Å²) in [6.45, 7) is 5.63. The van der Waals surface area contributed by atoms with Crippen LogP contribution >= 0.6 is 0 Å². The lowest BCUT2D eigenvalue weighted by atomic mass is 9.68. The smallest absolute Gasteiger partial charge is 0.0529 e. The number of aliphatic hydroxyl groups excluding tert-OH is 1. The molecule has 2 rings (SSSR count). The summed E-state index contributed by atoms with van der Waals surface area (Å²) >= 11 is 0. The van der Waals surface area contributed by atoms with Crippen LogP contribution in [0, 0.1) is 0 Å². The zero-order valence-electron chi connectivity index (χ0n) is 10.2. The lowest BCUT2D eigenvalue weighted by Crippen LogP contribution is -2.53. The SMILES string of the molecule is CC1(C)CC(CO)(c2ccccc2)CCN1. The Balaban J connectivity index is 2.33. The summed E-state index contributed by atoms with van der Waals surface area (Å²) < 4.78 is 0. The third-order valence-electron chi connectivity index (χ3n) is 3.68. The molecule has 0 aliphatic carbocycles. The maximum atomic E-state index is 9.80. The molecule has 1 aromatic carbocycles. The lowest BCUT2D eigenvalue weighted by molar-refractivity contribution is 0.112. The fourth-order valence-corrected chi connectivity index (χ4v) is 2.90. The van der Waals surface area contributed by atoms with E-state index in [4.69, 9.17) is 0 Å². The van der Waals surface area contributed by atoms with E-state index in [2.05, 4.69) is 43.4 Å². The zero-order valence-corrected chi connectivity index (χ0v) is 10.2. The number of nitrogens with one attached hydrogen (secondary N) is 1. The molecular weight excluding hydrogens is 198 g/mol. The molecule has 1 fully saturated rings. The molecule has 1 aromatic rings. The molecule has 1 heterocycles. The Kier molecular flexibility index (Phi) is 3.04.